The van der Waals surface area contributed by atoms with Gasteiger partial charge < -0.3 is 4.90 Å². The Morgan fingerprint density at radius 2 is 2.45 bits per heavy atom. The molecule has 0 aromatic carbocycles. The molecule has 2 atom stereocenters. The molecule has 1 heterocycles. The van der Waals surface area contributed by atoms with E-state index in [1.807, 2.05) is 0 Å². The van der Waals surface area contributed by atoms with Crippen LogP contribution in [0.15, 0.2) is 12.8 Å². The molecule has 0 spiro atoms. The number of rotatable bonds is 2. The molecular weight excluding hydrogens is 138 g/mol. The Morgan fingerprint density at radius 3 is 2.73 bits per heavy atom. The maximum atomic E-state index is 11.4. The Morgan fingerprint density at radius 1 is 1.82 bits per heavy atom. The summed E-state index contributed by atoms with van der Waals surface area (Å²) in [6, 6.07) is 0.352. The normalized spacial score (nSPS) is 31.1. The molecule has 0 saturated carbocycles. The van der Waals surface area contributed by atoms with Crippen molar-refractivity contribution in [3.05, 3.63) is 12.8 Å². The molecule has 62 valence electrons. The molecule has 1 rings (SSSR count). The van der Waals surface area contributed by atoms with E-state index >= 15 is 0 Å². The lowest BCUT2D eigenvalue weighted by atomic mass is 10.0. The van der Waals surface area contributed by atoms with Gasteiger partial charge >= 0.3 is 0 Å². The van der Waals surface area contributed by atoms with Crippen molar-refractivity contribution in [2.75, 3.05) is 0 Å². The minimum Gasteiger partial charge on any atom is -0.317 e. The second-order valence-electron chi connectivity index (χ2n) is 3.12. The standard InChI is InChI=1S/C9H15NO/c1-4-8-6-7(3)10(5-2)9(8)11/h5,7-8H,2,4,6H2,1,3H3. The van der Waals surface area contributed by atoms with E-state index in [4.69, 9.17) is 0 Å². The smallest absolute Gasteiger partial charge is 0.229 e. The molecule has 11 heavy (non-hydrogen) atoms. The monoisotopic (exact) mass is 153 g/mol. The number of likely N-dealkylation sites (tertiary alicyclic amines) is 1. The molecule has 0 aromatic rings. The van der Waals surface area contributed by atoms with Crippen molar-refractivity contribution in [2.45, 2.75) is 32.7 Å². The van der Waals surface area contributed by atoms with Crippen LogP contribution in [0.3, 0.4) is 0 Å². The topological polar surface area (TPSA) is 20.3 Å². The van der Waals surface area contributed by atoms with Gasteiger partial charge in [0.25, 0.3) is 0 Å². The fraction of sp³-hybridized carbons (Fsp3) is 0.667. The van der Waals surface area contributed by atoms with Crippen molar-refractivity contribution in [3.8, 4) is 0 Å². The van der Waals surface area contributed by atoms with Gasteiger partial charge in [-0.25, -0.2) is 0 Å². The van der Waals surface area contributed by atoms with E-state index in [2.05, 4.69) is 20.4 Å². The first kappa shape index (κ1) is 8.31. The van der Waals surface area contributed by atoms with Crippen molar-refractivity contribution in [2.24, 2.45) is 5.92 Å². The van der Waals surface area contributed by atoms with Crippen LogP contribution in [0.5, 0.6) is 0 Å². The van der Waals surface area contributed by atoms with E-state index in [1.165, 1.54) is 0 Å². The van der Waals surface area contributed by atoms with Crippen LogP contribution in [-0.2, 0) is 4.79 Å². The van der Waals surface area contributed by atoms with Crippen LogP contribution in [0, 0.1) is 5.92 Å². The van der Waals surface area contributed by atoms with E-state index < -0.39 is 0 Å². The van der Waals surface area contributed by atoms with Gasteiger partial charge in [-0.2, -0.15) is 0 Å². The third-order valence-corrected chi connectivity index (χ3v) is 2.39. The number of carbonyl (C=O) groups is 1. The minimum atomic E-state index is 0.239. The van der Waals surface area contributed by atoms with Crippen molar-refractivity contribution < 1.29 is 4.79 Å². The summed E-state index contributed by atoms with van der Waals surface area (Å²) in [6.07, 6.45) is 3.58. The second kappa shape index (κ2) is 3.07. The van der Waals surface area contributed by atoms with Crippen molar-refractivity contribution >= 4 is 5.91 Å². The summed E-state index contributed by atoms with van der Waals surface area (Å²) in [6.45, 7) is 7.74. The maximum absolute atomic E-state index is 11.4. The molecule has 2 nitrogen and oxygen atoms in total. The van der Waals surface area contributed by atoms with Crippen molar-refractivity contribution in [3.63, 3.8) is 0 Å². The minimum absolute atomic E-state index is 0.239. The predicted molar refractivity (Wildman–Crippen MR) is 44.9 cm³/mol. The SMILES string of the molecule is C=CN1C(=O)C(CC)CC1C. The van der Waals surface area contributed by atoms with E-state index in [9.17, 15) is 4.79 Å². The van der Waals surface area contributed by atoms with Gasteiger partial charge in [0, 0.05) is 12.0 Å². The fourth-order valence-corrected chi connectivity index (χ4v) is 1.67. The number of carbonyl (C=O) groups excluding carboxylic acids is 1. The molecule has 0 aromatic heterocycles. The lowest BCUT2D eigenvalue weighted by molar-refractivity contribution is -0.129. The molecule has 1 saturated heterocycles. The molecule has 2 unspecified atom stereocenters. The molecular formula is C9H15NO. The zero-order chi connectivity index (χ0) is 8.43. The Kier molecular flexibility index (Phi) is 2.32. The maximum Gasteiger partial charge on any atom is 0.229 e. The first-order chi connectivity index (χ1) is 5.20. The van der Waals surface area contributed by atoms with Crippen LogP contribution in [-0.4, -0.2) is 16.8 Å². The van der Waals surface area contributed by atoms with Gasteiger partial charge in [-0.3, -0.25) is 4.79 Å². The van der Waals surface area contributed by atoms with Crippen LogP contribution in [0.4, 0.5) is 0 Å². The average Bonchev–Trinajstić information content (AvgIpc) is 2.26. The third kappa shape index (κ3) is 1.30. The lowest BCUT2D eigenvalue weighted by Crippen LogP contribution is -2.25. The van der Waals surface area contributed by atoms with E-state index in [-0.39, 0.29) is 11.8 Å². The summed E-state index contributed by atoms with van der Waals surface area (Å²) in [5.41, 5.74) is 0. The van der Waals surface area contributed by atoms with Crippen LogP contribution < -0.4 is 0 Å². The highest BCUT2D eigenvalue weighted by Gasteiger charge is 2.33. The van der Waals surface area contributed by atoms with Gasteiger partial charge in [-0.05, 0) is 26.0 Å². The number of hydrogen-bond acceptors (Lipinski definition) is 1. The quantitative estimate of drug-likeness (QED) is 0.592. The highest BCUT2D eigenvalue weighted by molar-refractivity contribution is 5.82. The third-order valence-electron chi connectivity index (χ3n) is 2.39. The van der Waals surface area contributed by atoms with E-state index in [0.29, 0.717) is 6.04 Å². The largest absolute Gasteiger partial charge is 0.317 e. The summed E-state index contributed by atoms with van der Waals surface area (Å²) in [5, 5.41) is 0. The van der Waals surface area contributed by atoms with Crippen LogP contribution in [0.1, 0.15) is 26.7 Å². The first-order valence-corrected chi connectivity index (χ1v) is 4.15. The van der Waals surface area contributed by atoms with Gasteiger partial charge in [0.15, 0.2) is 0 Å². The Hall–Kier alpha value is -0.790. The molecule has 0 aliphatic carbocycles. The summed E-state index contributed by atoms with van der Waals surface area (Å²) in [4.78, 5) is 13.2. The molecule has 2 heteroatoms. The van der Waals surface area contributed by atoms with Crippen LogP contribution >= 0.6 is 0 Å². The van der Waals surface area contributed by atoms with Gasteiger partial charge in [0.2, 0.25) is 5.91 Å². The zero-order valence-electron chi connectivity index (χ0n) is 7.21. The van der Waals surface area contributed by atoms with Crippen LogP contribution in [0.2, 0.25) is 0 Å². The van der Waals surface area contributed by atoms with Gasteiger partial charge in [-0.15, -0.1) is 0 Å². The second-order valence-corrected chi connectivity index (χ2v) is 3.12. The Balaban J connectivity index is 2.70. The highest BCUT2D eigenvalue weighted by Crippen LogP contribution is 2.26. The highest BCUT2D eigenvalue weighted by atomic mass is 16.2. The molecule has 1 fully saturated rings. The molecule has 1 amide bonds. The summed E-state index contributed by atoms with van der Waals surface area (Å²) in [5.74, 6) is 0.484. The lowest BCUT2D eigenvalue weighted by Gasteiger charge is -2.14. The fourth-order valence-electron chi connectivity index (χ4n) is 1.67. The number of amides is 1. The average molecular weight is 153 g/mol. The van der Waals surface area contributed by atoms with Gasteiger partial charge in [0.1, 0.15) is 0 Å². The van der Waals surface area contributed by atoms with Gasteiger partial charge in [0.05, 0.1) is 0 Å². The molecule has 0 bridgehead atoms. The van der Waals surface area contributed by atoms with Crippen LogP contribution in [0.25, 0.3) is 0 Å². The van der Waals surface area contributed by atoms with E-state index in [1.54, 1.807) is 11.1 Å². The first-order valence-electron chi connectivity index (χ1n) is 4.15. The molecule has 0 N–H and O–H groups in total. The molecule has 1 aliphatic rings. The summed E-state index contributed by atoms with van der Waals surface area (Å²) >= 11 is 0. The summed E-state index contributed by atoms with van der Waals surface area (Å²) in [7, 11) is 0. The van der Waals surface area contributed by atoms with E-state index in [0.717, 1.165) is 12.8 Å². The van der Waals surface area contributed by atoms with Crippen molar-refractivity contribution in [1.82, 2.24) is 4.90 Å². The molecule has 1 aliphatic heterocycles. The zero-order valence-corrected chi connectivity index (χ0v) is 7.21. The Labute approximate surface area is 67.9 Å². The number of nitrogens with zero attached hydrogens (tertiary/aromatic N) is 1. The predicted octanol–water partition coefficient (Wildman–Crippen LogP) is 1.78. The van der Waals surface area contributed by atoms with Crippen molar-refractivity contribution in [1.29, 1.82) is 0 Å². The summed E-state index contributed by atoms with van der Waals surface area (Å²) < 4.78 is 0. The number of hydrogen-bond donors (Lipinski definition) is 0. The van der Waals surface area contributed by atoms with Gasteiger partial charge in [-0.1, -0.05) is 13.5 Å². The Bertz CT molecular complexity index is 176. The molecule has 0 radical (unpaired) electrons.